The summed E-state index contributed by atoms with van der Waals surface area (Å²) in [7, 11) is 0. The van der Waals surface area contributed by atoms with Crippen LogP contribution in [0.3, 0.4) is 0 Å². The molecule has 120 valence electrons. The first-order valence-electron chi connectivity index (χ1n) is 8.24. The molecule has 24 heavy (non-hydrogen) atoms. The second-order valence-electron chi connectivity index (χ2n) is 6.34. The van der Waals surface area contributed by atoms with Crippen LogP contribution in [0.4, 0.5) is 0 Å². The SMILES string of the molecule is O=C1CCC(CCN2C(=O)c3ccccc3C2=O)c2ccccc21. The first-order valence-corrected chi connectivity index (χ1v) is 8.24. The molecule has 1 heterocycles. The van der Waals surface area contributed by atoms with Gasteiger partial charge in [-0.1, -0.05) is 36.4 Å². The van der Waals surface area contributed by atoms with Gasteiger partial charge in [0.05, 0.1) is 11.1 Å². The second kappa shape index (κ2) is 5.71. The summed E-state index contributed by atoms with van der Waals surface area (Å²) in [6, 6.07) is 14.6. The highest BCUT2D eigenvalue weighted by Crippen LogP contribution is 2.34. The number of carbonyl (C=O) groups excluding carboxylic acids is 3. The largest absolute Gasteiger partial charge is 0.294 e. The molecule has 2 amide bonds. The number of benzene rings is 2. The van der Waals surface area contributed by atoms with Crippen molar-refractivity contribution < 1.29 is 14.4 Å². The molecule has 4 nitrogen and oxygen atoms in total. The topological polar surface area (TPSA) is 54.5 Å². The zero-order valence-corrected chi connectivity index (χ0v) is 13.2. The standard InChI is InChI=1S/C20H17NO3/c22-18-10-9-13(14-5-1-2-6-15(14)18)11-12-21-19(23)16-7-3-4-8-17(16)20(21)24/h1-8,13H,9-12H2. The average molecular weight is 319 g/mol. The molecule has 2 aromatic rings. The number of imide groups is 1. The van der Waals surface area contributed by atoms with Crippen LogP contribution in [0.25, 0.3) is 0 Å². The Morgan fingerprint density at radius 1 is 0.833 bits per heavy atom. The van der Waals surface area contributed by atoms with E-state index in [0.717, 1.165) is 17.5 Å². The third-order valence-corrected chi connectivity index (χ3v) is 5.00. The van der Waals surface area contributed by atoms with Crippen LogP contribution in [-0.2, 0) is 0 Å². The van der Waals surface area contributed by atoms with Crippen molar-refractivity contribution in [1.82, 2.24) is 4.90 Å². The minimum atomic E-state index is -0.212. The summed E-state index contributed by atoms with van der Waals surface area (Å²) >= 11 is 0. The van der Waals surface area contributed by atoms with Gasteiger partial charge in [-0.15, -0.1) is 0 Å². The van der Waals surface area contributed by atoms with Crippen LogP contribution >= 0.6 is 0 Å². The van der Waals surface area contributed by atoms with Crippen LogP contribution in [0.5, 0.6) is 0 Å². The van der Waals surface area contributed by atoms with Gasteiger partial charge in [-0.05, 0) is 36.5 Å². The van der Waals surface area contributed by atoms with Gasteiger partial charge >= 0.3 is 0 Å². The zero-order chi connectivity index (χ0) is 16.7. The quantitative estimate of drug-likeness (QED) is 0.814. The molecule has 1 aliphatic heterocycles. The number of fused-ring (bicyclic) bond motifs is 2. The van der Waals surface area contributed by atoms with Gasteiger partial charge in [0.15, 0.2) is 5.78 Å². The molecule has 0 saturated heterocycles. The second-order valence-corrected chi connectivity index (χ2v) is 6.34. The predicted octanol–water partition coefficient (Wildman–Crippen LogP) is 3.43. The minimum absolute atomic E-state index is 0.183. The van der Waals surface area contributed by atoms with Crippen molar-refractivity contribution in [2.75, 3.05) is 6.54 Å². The van der Waals surface area contributed by atoms with Gasteiger partial charge in [0, 0.05) is 18.5 Å². The van der Waals surface area contributed by atoms with E-state index in [1.165, 1.54) is 4.90 Å². The van der Waals surface area contributed by atoms with Crippen LogP contribution in [0.1, 0.15) is 61.8 Å². The highest BCUT2D eigenvalue weighted by Gasteiger charge is 2.35. The Morgan fingerprint density at radius 2 is 1.42 bits per heavy atom. The maximum atomic E-state index is 12.4. The first-order chi connectivity index (χ1) is 11.7. The van der Waals surface area contributed by atoms with Crippen molar-refractivity contribution in [1.29, 1.82) is 0 Å². The summed E-state index contributed by atoms with van der Waals surface area (Å²) in [5.74, 6) is -0.0302. The molecule has 0 N–H and O–H groups in total. The highest BCUT2D eigenvalue weighted by atomic mass is 16.2. The molecule has 2 aliphatic rings. The molecule has 0 radical (unpaired) electrons. The average Bonchev–Trinajstić information content (AvgIpc) is 2.86. The van der Waals surface area contributed by atoms with Crippen molar-refractivity contribution in [3.05, 3.63) is 70.8 Å². The van der Waals surface area contributed by atoms with E-state index in [1.807, 2.05) is 24.3 Å². The van der Waals surface area contributed by atoms with E-state index in [4.69, 9.17) is 0 Å². The van der Waals surface area contributed by atoms with Crippen LogP contribution < -0.4 is 0 Å². The summed E-state index contributed by atoms with van der Waals surface area (Å²) in [6.07, 6.45) is 2.00. The fourth-order valence-electron chi connectivity index (χ4n) is 3.73. The first kappa shape index (κ1) is 14.8. The zero-order valence-electron chi connectivity index (χ0n) is 13.2. The van der Waals surface area contributed by atoms with E-state index in [9.17, 15) is 14.4 Å². The summed E-state index contributed by atoms with van der Waals surface area (Å²) in [6.45, 7) is 0.388. The van der Waals surface area contributed by atoms with Gasteiger partial charge in [0.25, 0.3) is 11.8 Å². The van der Waals surface area contributed by atoms with E-state index in [2.05, 4.69) is 0 Å². The Hall–Kier alpha value is -2.75. The summed E-state index contributed by atoms with van der Waals surface area (Å²) in [5, 5.41) is 0. The molecule has 0 spiro atoms. The minimum Gasteiger partial charge on any atom is -0.294 e. The molecule has 0 fully saturated rings. The maximum absolute atomic E-state index is 12.4. The lowest BCUT2D eigenvalue weighted by Crippen LogP contribution is -2.32. The molecule has 2 aromatic carbocycles. The summed E-state index contributed by atoms with van der Waals surface area (Å²) < 4.78 is 0. The normalized spacial score (nSPS) is 19.4. The number of hydrogen-bond acceptors (Lipinski definition) is 3. The third-order valence-electron chi connectivity index (χ3n) is 5.00. The molecular weight excluding hydrogens is 302 g/mol. The predicted molar refractivity (Wildman–Crippen MR) is 89.2 cm³/mol. The molecule has 0 saturated carbocycles. The smallest absolute Gasteiger partial charge is 0.261 e. The van der Waals surface area contributed by atoms with Crippen molar-refractivity contribution in [3.63, 3.8) is 0 Å². The van der Waals surface area contributed by atoms with E-state index in [1.54, 1.807) is 24.3 Å². The van der Waals surface area contributed by atoms with E-state index in [0.29, 0.717) is 30.5 Å². The Labute approximate surface area is 140 Å². The van der Waals surface area contributed by atoms with Crippen molar-refractivity contribution in [3.8, 4) is 0 Å². The molecule has 4 rings (SSSR count). The molecule has 4 heteroatoms. The van der Waals surface area contributed by atoms with Crippen molar-refractivity contribution in [2.24, 2.45) is 0 Å². The van der Waals surface area contributed by atoms with Gasteiger partial charge in [-0.25, -0.2) is 0 Å². The van der Waals surface area contributed by atoms with Crippen LogP contribution in [0.2, 0.25) is 0 Å². The van der Waals surface area contributed by atoms with Gasteiger partial charge in [0.2, 0.25) is 0 Å². The lowest BCUT2D eigenvalue weighted by molar-refractivity contribution is 0.0647. The number of ketones is 1. The number of hydrogen-bond donors (Lipinski definition) is 0. The molecular formula is C20H17NO3. The van der Waals surface area contributed by atoms with Crippen LogP contribution in [0.15, 0.2) is 48.5 Å². The Morgan fingerprint density at radius 3 is 2.08 bits per heavy atom. The van der Waals surface area contributed by atoms with E-state index in [-0.39, 0.29) is 23.5 Å². The van der Waals surface area contributed by atoms with Gasteiger partial charge in [0.1, 0.15) is 0 Å². The number of Topliss-reactive ketones (excluding diaryl/α,β-unsaturated/α-hetero) is 1. The summed E-state index contributed by atoms with van der Waals surface area (Å²) in [5.41, 5.74) is 2.81. The maximum Gasteiger partial charge on any atom is 0.261 e. The molecule has 0 bridgehead atoms. The Bertz CT molecular complexity index is 820. The fourth-order valence-corrected chi connectivity index (χ4v) is 3.73. The monoisotopic (exact) mass is 319 g/mol. The molecule has 1 atom stereocenters. The molecule has 1 unspecified atom stereocenters. The number of carbonyl (C=O) groups is 3. The van der Waals surface area contributed by atoms with Gasteiger partial charge in [-0.3, -0.25) is 19.3 Å². The summed E-state index contributed by atoms with van der Waals surface area (Å²) in [4.78, 5) is 38.2. The van der Waals surface area contributed by atoms with Crippen LogP contribution in [0, 0.1) is 0 Å². The van der Waals surface area contributed by atoms with Crippen molar-refractivity contribution >= 4 is 17.6 Å². The van der Waals surface area contributed by atoms with E-state index >= 15 is 0 Å². The third kappa shape index (κ3) is 2.26. The Kier molecular flexibility index (Phi) is 3.53. The van der Waals surface area contributed by atoms with Gasteiger partial charge < -0.3 is 0 Å². The molecule has 0 aromatic heterocycles. The fraction of sp³-hybridized carbons (Fsp3) is 0.250. The van der Waals surface area contributed by atoms with Crippen LogP contribution in [-0.4, -0.2) is 29.0 Å². The van der Waals surface area contributed by atoms with Gasteiger partial charge in [-0.2, -0.15) is 0 Å². The number of nitrogens with zero attached hydrogens (tertiary/aromatic N) is 1. The number of amides is 2. The Balaban J connectivity index is 1.53. The lowest BCUT2D eigenvalue weighted by atomic mass is 9.80. The van der Waals surface area contributed by atoms with E-state index < -0.39 is 0 Å². The molecule has 1 aliphatic carbocycles. The number of rotatable bonds is 3. The highest BCUT2D eigenvalue weighted by molar-refractivity contribution is 6.21. The lowest BCUT2D eigenvalue weighted by Gasteiger charge is -2.26. The van der Waals surface area contributed by atoms with Crippen molar-refractivity contribution in [2.45, 2.75) is 25.2 Å².